The van der Waals surface area contributed by atoms with E-state index in [9.17, 15) is 24.5 Å². The number of phosphoric ester groups is 1. The second kappa shape index (κ2) is 9.39. The van der Waals surface area contributed by atoms with Crippen molar-refractivity contribution < 1.29 is 98.0 Å². The number of ether oxygens (including phenoxy) is 1. The largest absolute Gasteiger partial charge is 1.00 e. The molecule has 5 atom stereocenters. The first-order chi connectivity index (χ1) is 9.73. The van der Waals surface area contributed by atoms with Crippen LogP contribution in [-0.2, 0) is 13.8 Å². The molecular formula is C9H11N2Na2O9P. The van der Waals surface area contributed by atoms with Crippen LogP contribution < -0.4 is 74.8 Å². The van der Waals surface area contributed by atoms with E-state index in [1.807, 2.05) is 0 Å². The van der Waals surface area contributed by atoms with Crippen LogP contribution in [0.2, 0.25) is 0 Å². The van der Waals surface area contributed by atoms with Gasteiger partial charge in [-0.25, -0.2) is 9.78 Å². The van der Waals surface area contributed by atoms with E-state index in [0.717, 1.165) is 16.8 Å². The molecule has 1 aliphatic rings. The molecule has 0 aromatic carbocycles. The predicted octanol–water partition coefficient (Wildman–Crippen LogP) is -9.58. The van der Waals surface area contributed by atoms with Crippen LogP contribution in [0.3, 0.4) is 0 Å². The van der Waals surface area contributed by atoms with E-state index >= 15 is 0 Å². The van der Waals surface area contributed by atoms with Crippen LogP contribution in [0.25, 0.3) is 0 Å². The Hall–Kier alpha value is 0.670. The van der Waals surface area contributed by atoms with Gasteiger partial charge in [0.25, 0.3) is 7.82 Å². The van der Waals surface area contributed by atoms with E-state index < -0.39 is 50.5 Å². The molecule has 11 nitrogen and oxygen atoms in total. The first kappa shape index (κ1) is 23.7. The molecule has 0 radical (unpaired) electrons. The van der Waals surface area contributed by atoms with Gasteiger partial charge in [-0.3, -0.25) is 9.13 Å². The molecule has 0 spiro atoms. The molecule has 1 saturated heterocycles. The zero-order valence-corrected chi connectivity index (χ0v) is 17.2. The molecule has 0 amide bonds. The summed E-state index contributed by atoms with van der Waals surface area (Å²) in [6, 6.07) is 0.935. The minimum atomic E-state index is -5.19. The van der Waals surface area contributed by atoms with Crippen molar-refractivity contribution in [2.24, 2.45) is 0 Å². The summed E-state index contributed by atoms with van der Waals surface area (Å²) in [6.07, 6.45) is -5.06. The van der Waals surface area contributed by atoms with E-state index in [1.54, 1.807) is 0 Å². The van der Waals surface area contributed by atoms with Crippen LogP contribution in [0.1, 0.15) is 6.23 Å². The van der Waals surface area contributed by atoms with Crippen LogP contribution in [0.5, 0.6) is 5.88 Å². The number of hydrogen-bond donors (Lipinski definition) is 3. The van der Waals surface area contributed by atoms with Gasteiger partial charge in [-0.2, -0.15) is 0 Å². The van der Waals surface area contributed by atoms with Gasteiger partial charge in [0.05, 0.1) is 6.61 Å². The summed E-state index contributed by atoms with van der Waals surface area (Å²) in [4.78, 5) is 34.0. The third-order valence-corrected chi connectivity index (χ3v) is 3.33. The molecule has 14 heteroatoms. The maximum absolute atomic E-state index is 11.6. The number of rotatable bonds is 4. The van der Waals surface area contributed by atoms with Gasteiger partial charge in [-0.1, -0.05) is 0 Å². The number of nitrogens with zero attached hydrogens (tertiary/aromatic N) is 2. The van der Waals surface area contributed by atoms with E-state index in [2.05, 4.69) is 9.51 Å². The molecule has 5 unspecified atom stereocenters. The van der Waals surface area contributed by atoms with Crippen molar-refractivity contribution in [1.29, 1.82) is 0 Å². The topological polar surface area (TPSA) is 177 Å². The Morgan fingerprint density at radius 3 is 2.57 bits per heavy atom. The maximum atomic E-state index is 11.6. The van der Waals surface area contributed by atoms with E-state index in [4.69, 9.17) is 14.7 Å². The Labute approximate surface area is 174 Å². The molecule has 1 fully saturated rings. The minimum absolute atomic E-state index is 0. The van der Waals surface area contributed by atoms with E-state index in [-0.39, 0.29) is 59.1 Å². The van der Waals surface area contributed by atoms with Gasteiger partial charge in [0, 0.05) is 6.20 Å². The third kappa shape index (κ3) is 5.86. The third-order valence-electron chi connectivity index (χ3n) is 2.82. The van der Waals surface area contributed by atoms with Gasteiger partial charge in [0.15, 0.2) is 6.23 Å². The molecule has 0 bridgehead atoms. The molecule has 3 N–H and O–H groups in total. The van der Waals surface area contributed by atoms with Crippen molar-refractivity contribution in [3.05, 3.63) is 22.7 Å². The molecule has 1 aliphatic heterocycles. The van der Waals surface area contributed by atoms with Gasteiger partial charge < -0.3 is 34.4 Å². The van der Waals surface area contributed by atoms with Crippen molar-refractivity contribution in [2.45, 2.75) is 24.5 Å². The van der Waals surface area contributed by atoms with Crippen molar-refractivity contribution in [1.82, 2.24) is 9.55 Å². The zero-order valence-electron chi connectivity index (χ0n) is 12.3. The summed E-state index contributed by atoms with van der Waals surface area (Å²) in [5.41, 5.74) is -1.03. The van der Waals surface area contributed by atoms with Crippen molar-refractivity contribution >= 4 is 7.82 Å². The normalized spacial score (nSPS) is 29.2. The summed E-state index contributed by atoms with van der Waals surface area (Å²) in [7, 11) is -5.19. The van der Waals surface area contributed by atoms with Crippen molar-refractivity contribution in [3.63, 3.8) is 0 Å². The minimum Gasteiger partial charge on any atom is -0.858 e. The van der Waals surface area contributed by atoms with E-state index in [1.165, 1.54) is 0 Å². The van der Waals surface area contributed by atoms with E-state index in [0.29, 0.717) is 0 Å². The standard InChI is InChI=1S/C9H13N2O9P.2Na/c12-3-4-7(20-21(16,17)18)6(14)8(19-4)11-2-1-5(13)10-9(11)15;;/h1-2,4,6-8,12,14H,3H2,(H,10,13,15)(H2,16,17,18);;/q;2*+1/p-2. The van der Waals surface area contributed by atoms with Crippen molar-refractivity contribution in [2.75, 3.05) is 6.61 Å². The number of phosphoric acid groups is 1. The Morgan fingerprint density at radius 2 is 2.09 bits per heavy atom. The van der Waals surface area contributed by atoms with Gasteiger partial charge in [0.1, 0.15) is 18.3 Å². The van der Waals surface area contributed by atoms with Crippen LogP contribution in [-0.4, -0.2) is 49.6 Å². The molecule has 1 aromatic heterocycles. The zero-order chi connectivity index (χ0) is 15.8. The fourth-order valence-corrected chi connectivity index (χ4v) is 2.54. The number of hydrogen-bond acceptors (Lipinski definition) is 9. The summed E-state index contributed by atoms with van der Waals surface area (Å²) in [6.45, 7) is -0.736. The molecule has 0 aliphatic carbocycles. The number of aliphatic hydroxyl groups is 2. The Balaban J connectivity index is 0.00000242. The smallest absolute Gasteiger partial charge is 0.858 e. The van der Waals surface area contributed by atoms with Gasteiger partial charge in [-0.15, -0.1) is 0 Å². The predicted molar refractivity (Wildman–Crippen MR) is 59.6 cm³/mol. The fourth-order valence-electron chi connectivity index (χ4n) is 1.97. The quantitative estimate of drug-likeness (QED) is 0.341. The molecular weight excluding hydrogens is 357 g/mol. The van der Waals surface area contributed by atoms with Gasteiger partial charge >= 0.3 is 64.8 Å². The maximum Gasteiger partial charge on any atom is 1.00 e. The Kier molecular flexibility index (Phi) is 9.66. The molecule has 0 saturated carbocycles. The summed E-state index contributed by atoms with van der Waals surface area (Å²) < 4.78 is 20.8. The number of aliphatic hydroxyl groups excluding tert-OH is 2. The average Bonchev–Trinajstić information content (AvgIpc) is 2.65. The molecule has 2 rings (SSSR count). The molecule has 2 heterocycles. The van der Waals surface area contributed by atoms with Crippen LogP contribution >= 0.6 is 7.82 Å². The number of aromatic nitrogens is 2. The van der Waals surface area contributed by atoms with Crippen LogP contribution in [0, 0.1) is 0 Å². The van der Waals surface area contributed by atoms with Crippen LogP contribution in [0.15, 0.2) is 17.1 Å². The summed E-state index contributed by atoms with van der Waals surface area (Å²) in [5.74, 6) is -0.797. The first-order valence-corrected chi connectivity index (χ1v) is 7.15. The van der Waals surface area contributed by atoms with Gasteiger partial charge in [-0.05, 0) is 11.9 Å². The van der Waals surface area contributed by atoms with Crippen LogP contribution in [0.4, 0.5) is 0 Å². The second-order valence-corrected chi connectivity index (χ2v) is 5.38. The monoisotopic (exact) mass is 368 g/mol. The Morgan fingerprint density at radius 1 is 1.48 bits per heavy atom. The van der Waals surface area contributed by atoms with Gasteiger partial charge in [0.2, 0.25) is 0 Å². The first-order valence-electron chi connectivity index (χ1n) is 5.65. The molecule has 1 aromatic rings. The summed E-state index contributed by atoms with van der Waals surface area (Å²) >= 11 is 0. The molecule has 118 valence electrons. The summed E-state index contributed by atoms with van der Waals surface area (Å²) in [5, 5.41) is 30.0. The van der Waals surface area contributed by atoms with Crippen molar-refractivity contribution in [3.8, 4) is 5.88 Å². The Bertz CT molecular complexity index is 623. The second-order valence-electron chi connectivity index (χ2n) is 4.23. The molecule has 23 heavy (non-hydrogen) atoms. The SMILES string of the molecule is O=c1nc([O-])ccn1C1OC(CO)C(OP(=O)([O-])O)C1O.[Na+].[Na+]. The fraction of sp³-hybridized carbons (Fsp3) is 0.556. The average molecular weight is 368 g/mol.